The number of likely N-dealkylation sites (tertiary alicyclic amines) is 1. The number of anilines is 1. The summed E-state index contributed by atoms with van der Waals surface area (Å²) >= 11 is 0. The van der Waals surface area contributed by atoms with Crippen LogP contribution in [0.4, 0.5) is 10.5 Å². The third-order valence-electron chi connectivity index (χ3n) is 7.64. The molecule has 0 bridgehead atoms. The van der Waals surface area contributed by atoms with E-state index in [0.717, 1.165) is 52.8 Å². The first-order valence-electron chi connectivity index (χ1n) is 13.8. The van der Waals surface area contributed by atoms with E-state index in [1.807, 2.05) is 62.2 Å². The number of allylic oxidation sites excluding steroid dienone is 1. The van der Waals surface area contributed by atoms with Crippen molar-refractivity contribution in [1.82, 2.24) is 14.9 Å². The summed E-state index contributed by atoms with van der Waals surface area (Å²) in [6, 6.07) is 11.6. The van der Waals surface area contributed by atoms with Gasteiger partial charge in [0, 0.05) is 44.0 Å². The zero-order valence-electron chi connectivity index (χ0n) is 24.2. The molecule has 0 aromatic heterocycles. The third kappa shape index (κ3) is 7.79. The molecule has 1 heterocycles. The van der Waals surface area contributed by atoms with Gasteiger partial charge in [0.25, 0.3) is 0 Å². The molecule has 3 N–H and O–H groups in total. The van der Waals surface area contributed by atoms with Crippen molar-refractivity contribution in [1.29, 1.82) is 0 Å². The molecule has 2 amide bonds. The summed E-state index contributed by atoms with van der Waals surface area (Å²) in [7, 11) is 0.618. The van der Waals surface area contributed by atoms with Crippen LogP contribution in [0.5, 0.6) is 0 Å². The Morgan fingerprint density at radius 2 is 1.92 bits per heavy atom. The maximum absolute atomic E-state index is 13.4. The number of amides is 2. The zero-order chi connectivity index (χ0) is 28.6. The molecule has 39 heavy (non-hydrogen) atoms. The number of hydrogen-bond acceptors (Lipinski definition) is 4. The minimum Gasteiger partial charge on any atom is -0.388 e. The molecule has 2 aromatic carbocycles. The van der Waals surface area contributed by atoms with E-state index in [2.05, 4.69) is 48.3 Å². The Hall–Kier alpha value is -2.97. The van der Waals surface area contributed by atoms with E-state index in [1.165, 1.54) is 5.56 Å². The van der Waals surface area contributed by atoms with Gasteiger partial charge in [-0.05, 0) is 73.3 Å². The normalized spacial score (nSPS) is 20.5. The van der Waals surface area contributed by atoms with E-state index >= 15 is 0 Å². The number of carbonyl (C=O) groups is 2. The van der Waals surface area contributed by atoms with Gasteiger partial charge >= 0.3 is 6.03 Å². The van der Waals surface area contributed by atoms with Gasteiger partial charge < -0.3 is 15.5 Å². The second kappa shape index (κ2) is 13.9. The van der Waals surface area contributed by atoms with Crippen molar-refractivity contribution in [2.75, 3.05) is 32.0 Å². The molecule has 7 nitrogen and oxygen atoms in total. The SMILES string of the molecule is CCNC(=O)N1CCC(NS(=O)c2ccc(NC)c3c2C=CC(C)CC3)C(C)(C)C1.Cc1ccccc1C=O. The number of nitrogens with zero attached hydrogens (tertiary/aromatic N) is 1. The van der Waals surface area contributed by atoms with Crippen molar-refractivity contribution in [2.45, 2.75) is 64.8 Å². The van der Waals surface area contributed by atoms with Gasteiger partial charge in [0.05, 0.1) is 4.90 Å². The maximum atomic E-state index is 13.4. The van der Waals surface area contributed by atoms with Crippen LogP contribution in [0.2, 0.25) is 0 Å². The van der Waals surface area contributed by atoms with Gasteiger partial charge in [0.15, 0.2) is 0 Å². The lowest BCUT2D eigenvalue weighted by Crippen LogP contribution is -2.57. The molecular weight excluding hydrogens is 508 g/mol. The molecule has 3 unspecified atom stereocenters. The highest BCUT2D eigenvalue weighted by Crippen LogP contribution is 2.34. The first kappa shape index (κ1) is 30.6. The first-order valence-corrected chi connectivity index (χ1v) is 15.0. The summed E-state index contributed by atoms with van der Waals surface area (Å²) in [4.78, 5) is 25.2. The number of benzene rings is 2. The zero-order valence-corrected chi connectivity index (χ0v) is 25.0. The molecule has 1 fully saturated rings. The highest BCUT2D eigenvalue weighted by atomic mass is 32.2. The Morgan fingerprint density at radius 3 is 2.54 bits per heavy atom. The van der Waals surface area contributed by atoms with Gasteiger partial charge in [-0.15, -0.1) is 0 Å². The number of urea groups is 1. The number of piperidine rings is 1. The summed E-state index contributed by atoms with van der Waals surface area (Å²) in [6.07, 6.45) is 8.08. The van der Waals surface area contributed by atoms with Crippen molar-refractivity contribution in [2.24, 2.45) is 11.3 Å². The van der Waals surface area contributed by atoms with Crippen LogP contribution in [0.25, 0.3) is 6.08 Å². The molecule has 0 radical (unpaired) electrons. The average molecular weight is 553 g/mol. The molecule has 1 saturated heterocycles. The number of hydrogen-bond donors (Lipinski definition) is 3. The smallest absolute Gasteiger partial charge is 0.317 e. The van der Waals surface area contributed by atoms with Gasteiger partial charge in [-0.3, -0.25) is 4.79 Å². The Morgan fingerprint density at radius 1 is 1.18 bits per heavy atom. The van der Waals surface area contributed by atoms with Gasteiger partial charge in [-0.25, -0.2) is 13.7 Å². The highest BCUT2D eigenvalue weighted by Gasteiger charge is 2.38. The number of aldehydes is 1. The van der Waals surface area contributed by atoms with Crippen molar-refractivity contribution < 1.29 is 13.8 Å². The standard InChI is InChI=1S/C23H36N4O2S.C8H8O/c1-6-25-22(28)27-14-13-21(23(3,4)15-27)26-30(29)20-12-11-19(24-5)17-9-7-16(2)8-10-18(17)20;1-7-4-2-3-5-8(7)6-9/h8,10-12,16,21,24,26H,6-7,9,13-15H2,1-5H3,(H,25,28);2-6H,1H3. The average Bonchev–Trinajstić information content (AvgIpc) is 3.11. The lowest BCUT2D eigenvalue weighted by atomic mass is 9.80. The predicted molar refractivity (Wildman–Crippen MR) is 161 cm³/mol. The van der Waals surface area contributed by atoms with Crippen LogP contribution in [-0.4, -0.2) is 54.1 Å². The summed E-state index contributed by atoms with van der Waals surface area (Å²) < 4.78 is 16.8. The Labute approximate surface area is 236 Å². The molecule has 0 spiro atoms. The number of rotatable bonds is 6. The Balaban J connectivity index is 0.000000395. The number of aryl methyl sites for hydroxylation is 1. The quantitative estimate of drug-likeness (QED) is 0.409. The minimum atomic E-state index is -1.32. The molecule has 8 heteroatoms. The van der Waals surface area contributed by atoms with Crippen molar-refractivity contribution in [3.05, 3.63) is 64.7 Å². The fourth-order valence-corrected chi connectivity index (χ4v) is 6.55. The van der Waals surface area contributed by atoms with Crippen LogP contribution >= 0.6 is 0 Å². The van der Waals surface area contributed by atoms with Gasteiger partial charge in [0.2, 0.25) is 0 Å². The molecule has 0 saturated carbocycles. The molecule has 2 aromatic rings. The highest BCUT2D eigenvalue weighted by molar-refractivity contribution is 7.83. The van der Waals surface area contributed by atoms with Gasteiger partial charge in [0.1, 0.15) is 17.3 Å². The summed E-state index contributed by atoms with van der Waals surface area (Å²) in [5, 5.41) is 6.17. The Bertz CT molecular complexity index is 1210. The lowest BCUT2D eigenvalue weighted by Gasteiger charge is -2.44. The second-order valence-electron chi connectivity index (χ2n) is 11.1. The molecule has 1 aliphatic carbocycles. The fraction of sp³-hybridized carbons (Fsp3) is 0.484. The predicted octanol–water partition coefficient (Wildman–Crippen LogP) is 5.57. The second-order valence-corrected chi connectivity index (χ2v) is 12.3. The minimum absolute atomic E-state index is 0.0163. The summed E-state index contributed by atoms with van der Waals surface area (Å²) in [5.41, 5.74) is 5.07. The molecular formula is C31H44N4O3S. The summed E-state index contributed by atoms with van der Waals surface area (Å²) in [6.45, 7) is 12.3. The monoisotopic (exact) mass is 552 g/mol. The largest absolute Gasteiger partial charge is 0.388 e. The van der Waals surface area contributed by atoms with Gasteiger partial charge in [-0.1, -0.05) is 57.2 Å². The summed E-state index contributed by atoms with van der Waals surface area (Å²) in [5.74, 6) is 0.508. The molecule has 2 aliphatic rings. The third-order valence-corrected chi connectivity index (χ3v) is 8.89. The van der Waals surface area contributed by atoms with E-state index < -0.39 is 11.0 Å². The van der Waals surface area contributed by atoms with Crippen LogP contribution in [0.3, 0.4) is 0 Å². The van der Waals surface area contributed by atoms with E-state index in [9.17, 15) is 13.8 Å². The van der Waals surface area contributed by atoms with Crippen LogP contribution < -0.4 is 15.4 Å². The van der Waals surface area contributed by atoms with E-state index in [0.29, 0.717) is 25.6 Å². The number of carbonyl (C=O) groups excluding carboxylic acids is 2. The van der Waals surface area contributed by atoms with E-state index in [4.69, 9.17) is 0 Å². The molecule has 4 rings (SSSR count). The van der Waals surface area contributed by atoms with Crippen LogP contribution in [0.15, 0.2) is 47.4 Å². The van der Waals surface area contributed by atoms with Crippen LogP contribution in [0, 0.1) is 18.3 Å². The number of fused-ring (bicyclic) bond motifs is 1. The molecule has 1 aliphatic heterocycles. The van der Waals surface area contributed by atoms with Crippen molar-refractivity contribution in [3.63, 3.8) is 0 Å². The topological polar surface area (TPSA) is 90.5 Å². The van der Waals surface area contributed by atoms with E-state index in [1.54, 1.807) is 0 Å². The fourth-order valence-electron chi connectivity index (χ4n) is 5.14. The van der Waals surface area contributed by atoms with Crippen molar-refractivity contribution in [3.8, 4) is 0 Å². The number of nitrogens with one attached hydrogen (secondary N) is 3. The van der Waals surface area contributed by atoms with Crippen LogP contribution in [-0.2, 0) is 17.4 Å². The van der Waals surface area contributed by atoms with Crippen LogP contribution in [0.1, 0.15) is 67.6 Å². The lowest BCUT2D eigenvalue weighted by molar-refractivity contribution is 0.105. The molecule has 212 valence electrons. The van der Waals surface area contributed by atoms with Crippen molar-refractivity contribution >= 4 is 35.1 Å². The first-order chi connectivity index (χ1) is 18.6. The Kier molecular flexibility index (Phi) is 10.9. The van der Waals surface area contributed by atoms with E-state index in [-0.39, 0.29) is 17.5 Å². The molecule has 3 atom stereocenters. The maximum Gasteiger partial charge on any atom is 0.317 e. The van der Waals surface area contributed by atoms with Gasteiger partial charge in [-0.2, -0.15) is 0 Å².